The standard InChI is InChI=1S/C17H27N3O.ClH/c1-13(2)20(14(3)4)17(21)12-19-10-9-18-11-15-7-5-6-8-16(15)19;/h5-8,13-14,18H,9-12H2,1-4H3;1H. The third-order valence-corrected chi connectivity index (χ3v) is 3.93. The van der Waals surface area contributed by atoms with E-state index in [9.17, 15) is 4.79 Å². The maximum atomic E-state index is 12.7. The number of fused-ring (bicyclic) bond motifs is 1. The van der Waals surface area contributed by atoms with Crippen molar-refractivity contribution in [3.05, 3.63) is 29.8 Å². The van der Waals surface area contributed by atoms with Crippen LogP contribution in [0.25, 0.3) is 0 Å². The quantitative estimate of drug-likeness (QED) is 0.924. The molecule has 0 aromatic heterocycles. The fraction of sp³-hybridized carbons (Fsp3) is 0.588. The van der Waals surface area contributed by atoms with E-state index in [4.69, 9.17) is 0 Å². The Morgan fingerprint density at radius 3 is 2.50 bits per heavy atom. The third kappa shape index (κ3) is 4.37. The lowest BCUT2D eigenvalue weighted by Gasteiger charge is -2.34. The maximum absolute atomic E-state index is 12.7. The van der Waals surface area contributed by atoms with E-state index in [1.165, 1.54) is 11.3 Å². The highest BCUT2D eigenvalue weighted by atomic mass is 35.5. The van der Waals surface area contributed by atoms with E-state index < -0.39 is 0 Å². The summed E-state index contributed by atoms with van der Waals surface area (Å²) in [5, 5.41) is 3.41. The molecule has 22 heavy (non-hydrogen) atoms. The van der Waals surface area contributed by atoms with Crippen LogP contribution >= 0.6 is 12.4 Å². The van der Waals surface area contributed by atoms with Gasteiger partial charge in [-0.2, -0.15) is 0 Å². The summed E-state index contributed by atoms with van der Waals surface area (Å²) in [6, 6.07) is 8.82. The topological polar surface area (TPSA) is 35.6 Å². The highest BCUT2D eigenvalue weighted by Gasteiger charge is 2.24. The molecule has 1 heterocycles. The van der Waals surface area contributed by atoms with Crippen molar-refractivity contribution in [2.45, 2.75) is 46.3 Å². The fourth-order valence-electron chi connectivity index (χ4n) is 3.11. The molecule has 0 unspecified atom stereocenters. The molecule has 0 saturated heterocycles. The molecule has 0 bridgehead atoms. The number of carbonyl (C=O) groups excluding carboxylic acids is 1. The van der Waals surface area contributed by atoms with Crippen LogP contribution in [0.3, 0.4) is 0 Å². The van der Waals surface area contributed by atoms with Crippen molar-refractivity contribution in [2.24, 2.45) is 0 Å². The number of nitrogens with zero attached hydrogens (tertiary/aromatic N) is 2. The molecule has 1 N–H and O–H groups in total. The molecular formula is C17H28ClN3O. The summed E-state index contributed by atoms with van der Waals surface area (Å²) in [4.78, 5) is 16.9. The Kier molecular flexibility index (Phi) is 7.17. The molecule has 2 rings (SSSR count). The molecule has 1 aliphatic rings. The van der Waals surface area contributed by atoms with E-state index in [1.54, 1.807) is 0 Å². The molecule has 0 spiro atoms. The van der Waals surface area contributed by atoms with Gasteiger partial charge in [-0.25, -0.2) is 0 Å². The first-order valence-corrected chi connectivity index (χ1v) is 7.85. The van der Waals surface area contributed by atoms with Crippen LogP contribution in [0.5, 0.6) is 0 Å². The number of hydrogen-bond acceptors (Lipinski definition) is 3. The molecule has 0 fully saturated rings. The predicted octanol–water partition coefficient (Wildman–Crippen LogP) is 2.66. The van der Waals surface area contributed by atoms with Crippen molar-refractivity contribution in [2.75, 3.05) is 24.5 Å². The van der Waals surface area contributed by atoms with Gasteiger partial charge in [0, 0.05) is 37.4 Å². The van der Waals surface area contributed by atoms with E-state index in [2.05, 4.69) is 56.1 Å². The first kappa shape index (κ1) is 18.8. The molecule has 124 valence electrons. The van der Waals surface area contributed by atoms with Crippen LogP contribution in [-0.2, 0) is 11.3 Å². The molecule has 4 nitrogen and oxygen atoms in total. The lowest BCUT2D eigenvalue weighted by molar-refractivity contribution is -0.133. The Labute approximate surface area is 140 Å². The minimum absolute atomic E-state index is 0. The second-order valence-corrected chi connectivity index (χ2v) is 6.22. The first-order chi connectivity index (χ1) is 10.0. The summed E-state index contributed by atoms with van der Waals surface area (Å²) >= 11 is 0. The van der Waals surface area contributed by atoms with Crippen molar-refractivity contribution in [1.82, 2.24) is 10.2 Å². The predicted molar refractivity (Wildman–Crippen MR) is 94.7 cm³/mol. The molecule has 1 aromatic rings. The lowest BCUT2D eigenvalue weighted by atomic mass is 10.1. The lowest BCUT2D eigenvalue weighted by Crippen LogP contribution is -2.47. The maximum Gasteiger partial charge on any atom is 0.242 e. The molecular weight excluding hydrogens is 298 g/mol. The van der Waals surface area contributed by atoms with Crippen LogP contribution < -0.4 is 10.2 Å². The van der Waals surface area contributed by atoms with Gasteiger partial charge < -0.3 is 15.1 Å². The molecule has 1 aliphatic heterocycles. The van der Waals surface area contributed by atoms with Gasteiger partial charge in [0.15, 0.2) is 0 Å². The summed E-state index contributed by atoms with van der Waals surface area (Å²) in [6.45, 7) is 11.4. The fourth-order valence-corrected chi connectivity index (χ4v) is 3.11. The molecule has 0 saturated carbocycles. The highest BCUT2D eigenvalue weighted by molar-refractivity contribution is 5.85. The van der Waals surface area contributed by atoms with Gasteiger partial charge in [0.2, 0.25) is 5.91 Å². The van der Waals surface area contributed by atoms with Crippen molar-refractivity contribution >= 4 is 24.0 Å². The van der Waals surface area contributed by atoms with Gasteiger partial charge in [-0.15, -0.1) is 12.4 Å². The average Bonchev–Trinajstić information content (AvgIpc) is 2.61. The van der Waals surface area contributed by atoms with Gasteiger partial charge in [-0.3, -0.25) is 4.79 Å². The molecule has 1 amide bonds. The first-order valence-electron chi connectivity index (χ1n) is 7.85. The summed E-state index contributed by atoms with van der Waals surface area (Å²) in [5.41, 5.74) is 2.45. The smallest absolute Gasteiger partial charge is 0.242 e. The molecule has 0 atom stereocenters. The van der Waals surface area contributed by atoms with Crippen molar-refractivity contribution in [3.8, 4) is 0 Å². The number of carbonyl (C=O) groups is 1. The number of nitrogens with one attached hydrogen (secondary N) is 1. The van der Waals surface area contributed by atoms with Gasteiger partial charge in [-0.1, -0.05) is 18.2 Å². The largest absolute Gasteiger partial charge is 0.361 e. The van der Waals surface area contributed by atoms with E-state index in [-0.39, 0.29) is 30.4 Å². The Bertz CT molecular complexity index is 483. The van der Waals surface area contributed by atoms with Crippen LogP contribution in [0, 0.1) is 0 Å². The number of amides is 1. The number of rotatable bonds is 4. The zero-order valence-electron chi connectivity index (χ0n) is 14.0. The Morgan fingerprint density at radius 2 is 1.86 bits per heavy atom. The minimum atomic E-state index is 0. The molecule has 0 radical (unpaired) electrons. The number of anilines is 1. The average molecular weight is 326 g/mol. The Balaban J connectivity index is 0.00000242. The number of para-hydroxylation sites is 1. The summed E-state index contributed by atoms with van der Waals surface area (Å²) in [7, 11) is 0. The second-order valence-electron chi connectivity index (χ2n) is 6.22. The van der Waals surface area contributed by atoms with Crippen molar-refractivity contribution in [3.63, 3.8) is 0 Å². The van der Waals surface area contributed by atoms with Crippen molar-refractivity contribution in [1.29, 1.82) is 0 Å². The van der Waals surface area contributed by atoms with E-state index in [0.717, 1.165) is 19.6 Å². The summed E-state index contributed by atoms with van der Waals surface area (Å²) in [5.74, 6) is 0.205. The Morgan fingerprint density at radius 1 is 1.23 bits per heavy atom. The van der Waals surface area contributed by atoms with Gasteiger partial charge in [0.05, 0.1) is 6.54 Å². The van der Waals surface area contributed by atoms with Crippen LogP contribution in [0.1, 0.15) is 33.3 Å². The van der Waals surface area contributed by atoms with E-state index in [0.29, 0.717) is 6.54 Å². The minimum Gasteiger partial charge on any atom is -0.361 e. The van der Waals surface area contributed by atoms with E-state index in [1.807, 2.05) is 11.0 Å². The SMILES string of the molecule is CC(C)N(C(=O)CN1CCNCc2ccccc21)C(C)C.Cl. The monoisotopic (exact) mass is 325 g/mol. The summed E-state index contributed by atoms with van der Waals surface area (Å²) < 4.78 is 0. The molecule has 0 aliphatic carbocycles. The van der Waals surface area contributed by atoms with E-state index >= 15 is 0 Å². The van der Waals surface area contributed by atoms with Gasteiger partial charge >= 0.3 is 0 Å². The van der Waals surface area contributed by atoms with Crippen LogP contribution in [0.2, 0.25) is 0 Å². The zero-order valence-corrected chi connectivity index (χ0v) is 14.8. The van der Waals surface area contributed by atoms with Crippen LogP contribution in [-0.4, -0.2) is 42.5 Å². The zero-order chi connectivity index (χ0) is 15.4. The second kappa shape index (κ2) is 8.39. The van der Waals surface area contributed by atoms with Gasteiger partial charge in [0.25, 0.3) is 0 Å². The number of benzene rings is 1. The van der Waals surface area contributed by atoms with Crippen LogP contribution in [0.4, 0.5) is 5.69 Å². The van der Waals surface area contributed by atoms with Gasteiger partial charge in [0.1, 0.15) is 0 Å². The Hall–Kier alpha value is -1.26. The van der Waals surface area contributed by atoms with Crippen molar-refractivity contribution < 1.29 is 4.79 Å². The van der Waals surface area contributed by atoms with Gasteiger partial charge in [-0.05, 0) is 39.3 Å². The normalized spacial score (nSPS) is 14.4. The molecule has 5 heteroatoms. The number of halogens is 1. The highest BCUT2D eigenvalue weighted by Crippen LogP contribution is 2.22. The molecule has 1 aromatic carbocycles. The summed E-state index contributed by atoms with van der Waals surface area (Å²) in [6.07, 6.45) is 0. The van der Waals surface area contributed by atoms with Crippen LogP contribution in [0.15, 0.2) is 24.3 Å². The number of hydrogen-bond donors (Lipinski definition) is 1. The third-order valence-electron chi connectivity index (χ3n) is 3.93.